The molecular formula is C24H33N5O5. The van der Waals surface area contributed by atoms with Crippen molar-refractivity contribution in [1.29, 1.82) is 0 Å². The quantitative estimate of drug-likeness (QED) is 0.297. The van der Waals surface area contributed by atoms with E-state index in [1.165, 1.54) is 12.6 Å². The molecular weight excluding hydrogens is 438 g/mol. The van der Waals surface area contributed by atoms with E-state index in [1.54, 1.807) is 37.3 Å². The Morgan fingerprint density at radius 3 is 2.03 bits per heavy atom. The number of carbonyl (C=O) groups excluding carboxylic acids is 2. The molecule has 0 fully saturated rings. The van der Waals surface area contributed by atoms with Gasteiger partial charge >= 0.3 is 0 Å². The molecule has 3 aromatic rings. The van der Waals surface area contributed by atoms with Crippen molar-refractivity contribution in [3.63, 3.8) is 0 Å². The lowest BCUT2D eigenvalue weighted by Gasteiger charge is -2.25. The number of nitrogen functional groups attached to an aromatic ring is 1. The third-order valence-electron chi connectivity index (χ3n) is 4.47. The molecule has 8 N–H and O–H groups in total. The summed E-state index contributed by atoms with van der Waals surface area (Å²) in [5, 5.41) is 25.1. The van der Waals surface area contributed by atoms with E-state index in [-0.39, 0.29) is 24.2 Å². The van der Waals surface area contributed by atoms with E-state index in [0.29, 0.717) is 5.56 Å². The Morgan fingerprint density at radius 1 is 1.00 bits per heavy atom. The van der Waals surface area contributed by atoms with Gasteiger partial charge in [0, 0.05) is 12.1 Å². The number of aliphatic hydroxyl groups excluding tert-OH is 2. The van der Waals surface area contributed by atoms with Crippen LogP contribution in [0.15, 0.2) is 71.3 Å². The summed E-state index contributed by atoms with van der Waals surface area (Å²) in [7, 11) is 1.50. The number of benzene rings is 2. The lowest BCUT2D eigenvalue weighted by atomic mass is 10.1. The van der Waals surface area contributed by atoms with E-state index >= 15 is 0 Å². The van der Waals surface area contributed by atoms with E-state index in [1.807, 2.05) is 18.2 Å². The van der Waals surface area contributed by atoms with Crippen molar-refractivity contribution >= 4 is 17.8 Å². The van der Waals surface area contributed by atoms with Gasteiger partial charge in [-0.1, -0.05) is 54.1 Å². The SMILES string of the molecule is CC(NC(=O)c1ccccc1)C(O)C(O)CNC(=O)c1coc(N)n1.CN.Cc1ccccc1. The number of anilines is 1. The number of aryl methyl sites for hydroxylation is 1. The average Bonchev–Trinajstić information content (AvgIpc) is 3.30. The summed E-state index contributed by atoms with van der Waals surface area (Å²) in [5.74, 6) is -0.978. The molecule has 10 heteroatoms. The van der Waals surface area contributed by atoms with Crippen molar-refractivity contribution in [1.82, 2.24) is 15.6 Å². The Balaban J connectivity index is 0.000000540. The molecule has 10 nitrogen and oxygen atoms in total. The standard InChI is InChI=1S/C16H20N4O5.C7H8.CH5N/c1-9(19-14(23)10-5-3-2-4-6-10)13(22)12(21)7-18-15(24)11-8-25-16(17)20-11;1-7-5-3-2-4-6-7;1-2/h2-6,8-9,12-13,21-22H,7H2,1H3,(H2,17,20)(H,18,24)(H,19,23);2-6H,1H3;2H2,1H3. The molecule has 0 aliphatic heterocycles. The van der Waals surface area contributed by atoms with Crippen molar-refractivity contribution in [2.24, 2.45) is 5.73 Å². The Hall–Kier alpha value is -3.73. The smallest absolute Gasteiger partial charge is 0.292 e. The number of amides is 2. The van der Waals surface area contributed by atoms with Gasteiger partial charge in [0.2, 0.25) is 0 Å². The predicted octanol–water partition coefficient (Wildman–Crippen LogP) is 1.10. The summed E-state index contributed by atoms with van der Waals surface area (Å²) in [6.45, 7) is 3.40. The number of nitrogens with one attached hydrogen (secondary N) is 2. The van der Waals surface area contributed by atoms with Gasteiger partial charge in [0.25, 0.3) is 17.8 Å². The van der Waals surface area contributed by atoms with Crippen molar-refractivity contribution in [3.05, 3.63) is 83.7 Å². The monoisotopic (exact) mass is 471 g/mol. The summed E-state index contributed by atoms with van der Waals surface area (Å²) in [4.78, 5) is 27.4. The predicted molar refractivity (Wildman–Crippen MR) is 130 cm³/mol. The third kappa shape index (κ3) is 9.82. The molecule has 1 aromatic heterocycles. The van der Waals surface area contributed by atoms with Crippen LogP contribution in [0, 0.1) is 6.92 Å². The van der Waals surface area contributed by atoms with Gasteiger partial charge in [0.15, 0.2) is 5.69 Å². The third-order valence-corrected chi connectivity index (χ3v) is 4.47. The van der Waals surface area contributed by atoms with Crippen LogP contribution in [0.5, 0.6) is 0 Å². The summed E-state index contributed by atoms with van der Waals surface area (Å²) < 4.78 is 4.71. The fourth-order valence-corrected chi connectivity index (χ4v) is 2.63. The van der Waals surface area contributed by atoms with Gasteiger partial charge in [-0.05, 0) is 33.0 Å². The van der Waals surface area contributed by atoms with Gasteiger partial charge in [-0.15, -0.1) is 0 Å². The molecule has 0 saturated heterocycles. The number of aromatic nitrogens is 1. The highest BCUT2D eigenvalue weighted by atomic mass is 16.4. The van der Waals surface area contributed by atoms with Crippen LogP contribution in [0.3, 0.4) is 0 Å². The average molecular weight is 472 g/mol. The Kier molecular flexibility index (Phi) is 12.6. The molecule has 0 spiro atoms. The first kappa shape index (κ1) is 28.3. The van der Waals surface area contributed by atoms with Crippen molar-refractivity contribution < 1.29 is 24.2 Å². The second kappa shape index (κ2) is 15.2. The zero-order chi connectivity index (χ0) is 25.5. The number of carbonyl (C=O) groups is 2. The molecule has 3 atom stereocenters. The zero-order valence-electron chi connectivity index (χ0n) is 19.5. The van der Waals surface area contributed by atoms with Gasteiger partial charge in [-0.3, -0.25) is 9.59 Å². The Morgan fingerprint density at radius 2 is 1.56 bits per heavy atom. The maximum Gasteiger partial charge on any atom is 0.292 e. The van der Waals surface area contributed by atoms with Crippen LogP contribution in [0.25, 0.3) is 0 Å². The van der Waals surface area contributed by atoms with E-state index in [4.69, 9.17) is 10.2 Å². The number of aliphatic hydroxyl groups is 2. The first-order valence-corrected chi connectivity index (χ1v) is 10.6. The number of hydrogen-bond donors (Lipinski definition) is 6. The molecule has 2 amide bonds. The topological polar surface area (TPSA) is 177 Å². The number of nitrogens with zero attached hydrogens (tertiary/aromatic N) is 1. The van der Waals surface area contributed by atoms with Crippen LogP contribution in [0.2, 0.25) is 0 Å². The molecule has 3 unspecified atom stereocenters. The second-order valence-electron chi connectivity index (χ2n) is 7.12. The highest BCUT2D eigenvalue weighted by Gasteiger charge is 2.25. The van der Waals surface area contributed by atoms with E-state index in [0.717, 1.165) is 6.26 Å². The maximum atomic E-state index is 12.0. The van der Waals surface area contributed by atoms with Crippen LogP contribution in [-0.2, 0) is 0 Å². The number of rotatable bonds is 7. The van der Waals surface area contributed by atoms with Gasteiger partial charge in [0.1, 0.15) is 12.4 Å². The molecule has 2 aromatic carbocycles. The van der Waals surface area contributed by atoms with E-state index < -0.39 is 24.2 Å². The van der Waals surface area contributed by atoms with Gasteiger partial charge in [0.05, 0.1) is 12.1 Å². The van der Waals surface area contributed by atoms with Crippen molar-refractivity contribution in [2.75, 3.05) is 19.3 Å². The lowest BCUT2D eigenvalue weighted by Crippen LogP contribution is -2.50. The number of nitrogens with two attached hydrogens (primary N) is 2. The first-order valence-electron chi connectivity index (χ1n) is 10.6. The summed E-state index contributed by atoms with van der Waals surface area (Å²) in [6.07, 6.45) is -1.49. The highest BCUT2D eigenvalue weighted by Crippen LogP contribution is 2.05. The fraction of sp³-hybridized carbons (Fsp3) is 0.292. The molecule has 3 rings (SSSR count). The largest absolute Gasteiger partial charge is 0.431 e. The summed E-state index contributed by atoms with van der Waals surface area (Å²) in [6, 6.07) is 17.9. The lowest BCUT2D eigenvalue weighted by molar-refractivity contribution is 0.00174. The molecule has 184 valence electrons. The molecule has 1 heterocycles. The van der Waals surface area contributed by atoms with Crippen molar-refractivity contribution in [3.8, 4) is 0 Å². The molecule has 0 aliphatic rings. The summed E-state index contributed by atoms with van der Waals surface area (Å²) >= 11 is 0. The van der Waals surface area contributed by atoms with Crippen LogP contribution in [-0.4, -0.2) is 58.9 Å². The Bertz CT molecular complexity index is 982. The highest BCUT2D eigenvalue weighted by molar-refractivity contribution is 5.94. The van der Waals surface area contributed by atoms with Crippen LogP contribution < -0.4 is 22.1 Å². The van der Waals surface area contributed by atoms with Gasteiger partial charge < -0.3 is 36.7 Å². The van der Waals surface area contributed by atoms with Crippen LogP contribution >= 0.6 is 0 Å². The van der Waals surface area contributed by atoms with Crippen molar-refractivity contribution in [2.45, 2.75) is 32.1 Å². The summed E-state index contributed by atoms with van der Waals surface area (Å²) in [5.41, 5.74) is 11.5. The zero-order valence-corrected chi connectivity index (χ0v) is 19.5. The molecule has 0 aliphatic carbocycles. The van der Waals surface area contributed by atoms with Crippen LogP contribution in [0.4, 0.5) is 6.01 Å². The van der Waals surface area contributed by atoms with E-state index in [9.17, 15) is 19.8 Å². The number of oxazole rings is 1. The fourth-order valence-electron chi connectivity index (χ4n) is 2.63. The maximum absolute atomic E-state index is 12.0. The minimum absolute atomic E-state index is 0.0374. The minimum atomic E-state index is -1.29. The van der Waals surface area contributed by atoms with Gasteiger partial charge in [-0.2, -0.15) is 4.98 Å². The minimum Gasteiger partial charge on any atom is -0.431 e. The van der Waals surface area contributed by atoms with E-state index in [2.05, 4.69) is 40.4 Å². The molecule has 0 radical (unpaired) electrons. The first-order chi connectivity index (χ1) is 16.3. The molecule has 34 heavy (non-hydrogen) atoms. The Labute approximate surface area is 199 Å². The normalized spacial score (nSPS) is 12.5. The molecule has 0 saturated carbocycles. The second-order valence-corrected chi connectivity index (χ2v) is 7.12. The van der Waals surface area contributed by atoms with Crippen LogP contribution in [0.1, 0.15) is 33.3 Å². The van der Waals surface area contributed by atoms with Gasteiger partial charge in [-0.25, -0.2) is 0 Å². The molecule has 0 bridgehead atoms. The number of hydrogen-bond acceptors (Lipinski definition) is 8.